The molecule has 3 heterocycles. The fourth-order valence-electron chi connectivity index (χ4n) is 2.72. The van der Waals surface area contributed by atoms with Gasteiger partial charge in [0.2, 0.25) is 5.78 Å². The van der Waals surface area contributed by atoms with Crippen LogP contribution in [0.15, 0.2) is 66.0 Å². The van der Waals surface area contributed by atoms with Gasteiger partial charge >= 0.3 is 5.97 Å². The Kier molecular flexibility index (Phi) is 5.03. The van der Waals surface area contributed by atoms with E-state index in [0.717, 1.165) is 9.75 Å². The number of benzene rings is 1. The fourth-order valence-corrected chi connectivity index (χ4v) is 5.61. The highest BCUT2D eigenvalue weighted by Crippen LogP contribution is 2.39. The van der Waals surface area contributed by atoms with Crippen molar-refractivity contribution < 1.29 is 14.3 Å². The Morgan fingerprint density at radius 3 is 2.11 bits per heavy atom. The lowest BCUT2D eigenvalue weighted by atomic mass is 10.0. The van der Waals surface area contributed by atoms with Crippen molar-refractivity contribution in [3.8, 4) is 19.5 Å². The van der Waals surface area contributed by atoms with Gasteiger partial charge in [-0.25, -0.2) is 4.79 Å². The van der Waals surface area contributed by atoms with Crippen LogP contribution in [0.2, 0.25) is 0 Å². The molecule has 0 saturated heterocycles. The van der Waals surface area contributed by atoms with Gasteiger partial charge in [0.1, 0.15) is 0 Å². The zero-order valence-electron chi connectivity index (χ0n) is 14.3. The van der Waals surface area contributed by atoms with Crippen LogP contribution in [0, 0.1) is 0 Å². The Bertz CT molecular complexity index is 1100. The van der Waals surface area contributed by atoms with Crippen LogP contribution in [0.5, 0.6) is 0 Å². The summed E-state index contributed by atoms with van der Waals surface area (Å²) in [6.07, 6.45) is 0. The Labute approximate surface area is 168 Å². The quantitative estimate of drug-likeness (QED) is 0.290. The van der Waals surface area contributed by atoms with Crippen molar-refractivity contribution in [2.75, 3.05) is 7.11 Å². The molecule has 0 aliphatic rings. The molecule has 134 valence electrons. The van der Waals surface area contributed by atoms with Crippen LogP contribution in [0.1, 0.15) is 25.6 Å². The molecule has 0 N–H and O–H groups in total. The molecule has 3 aromatic heterocycles. The average molecular weight is 411 g/mol. The van der Waals surface area contributed by atoms with Crippen LogP contribution in [0.4, 0.5) is 0 Å². The highest BCUT2D eigenvalue weighted by atomic mass is 32.1. The Balaban J connectivity index is 1.64. The minimum absolute atomic E-state index is 0.165. The average Bonchev–Trinajstić information content (AvgIpc) is 3.46. The summed E-state index contributed by atoms with van der Waals surface area (Å²) in [5, 5.41) is 2.06. The van der Waals surface area contributed by atoms with Gasteiger partial charge in [-0.15, -0.1) is 34.0 Å². The highest BCUT2D eigenvalue weighted by molar-refractivity contribution is 7.26. The second-order valence-corrected chi connectivity index (χ2v) is 8.79. The summed E-state index contributed by atoms with van der Waals surface area (Å²) in [7, 11) is 1.31. The van der Waals surface area contributed by atoms with Crippen molar-refractivity contribution in [1.82, 2.24) is 0 Å². The van der Waals surface area contributed by atoms with Gasteiger partial charge in [-0.05, 0) is 41.8 Å². The molecule has 0 fully saturated rings. The van der Waals surface area contributed by atoms with E-state index in [4.69, 9.17) is 4.74 Å². The second kappa shape index (κ2) is 7.60. The first-order valence-electron chi connectivity index (χ1n) is 8.13. The van der Waals surface area contributed by atoms with Crippen molar-refractivity contribution in [1.29, 1.82) is 0 Å². The van der Waals surface area contributed by atoms with E-state index in [-0.39, 0.29) is 11.3 Å². The number of ketones is 1. The van der Waals surface area contributed by atoms with Crippen LogP contribution in [-0.2, 0) is 4.74 Å². The van der Waals surface area contributed by atoms with Crippen molar-refractivity contribution >= 4 is 45.8 Å². The van der Waals surface area contributed by atoms with Gasteiger partial charge in [0.05, 0.1) is 17.6 Å². The van der Waals surface area contributed by atoms with E-state index in [2.05, 4.69) is 23.6 Å². The van der Waals surface area contributed by atoms with Gasteiger partial charge in [-0.3, -0.25) is 4.79 Å². The van der Waals surface area contributed by atoms with Gasteiger partial charge in [-0.1, -0.05) is 24.3 Å². The molecule has 0 saturated carbocycles. The van der Waals surface area contributed by atoms with E-state index in [9.17, 15) is 9.59 Å². The molecule has 27 heavy (non-hydrogen) atoms. The lowest BCUT2D eigenvalue weighted by Gasteiger charge is -2.05. The third-order valence-electron chi connectivity index (χ3n) is 4.02. The number of esters is 1. The molecule has 6 heteroatoms. The third kappa shape index (κ3) is 3.51. The standard InChI is InChI=1S/C21H14O3S3/c1-24-21(23)14-6-3-2-5-13(14)20(22)19-11-10-18(27-19)17-9-8-16(26-17)15-7-4-12-25-15/h2-12H,1H3. The number of carbonyl (C=O) groups is 2. The maximum atomic E-state index is 12.9. The zero-order chi connectivity index (χ0) is 18.8. The summed E-state index contributed by atoms with van der Waals surface area (Å²) < 4.78 is 4.79. The number of methoxy groups -OCH3 is 1. The number of rotatable bonds is 5. The summed E-state index contributed by atoms with van der Waals surface area (Å²) in [4.78, 5) is 30.1. The molecule has 0 spiro atoms. The minimum atomic E-state index is -0.505. The number of hydrogen-bond acceptors (Lipinski definition) is 6. The summed E-state index contributed by atoms with van der Waals surface area (Å²) in [6, 6.07) is 18.9. The molecule has 0 bridgehead atoms. The number of ether oxygens (including phenoxy) is 1. The van der Waals surface area contributed by atoms with Gasteiger partial charge in [-0.2, -0.15) is 0 Å². The lowest BCUT2D eigenvalue weighted by Crippen LogP contribution is -2.10. The normalized spacial score (nSPS) is 10.7. The van der Waals surface area contributed by atoms with Gasteiger partial charge in [0.25, 0.3) is 0 Å². The van der Waals surface area contributed by atoms with Gasteiger partial charge in [0.15, 0.2) is 0 Å². The van der Waals surface area contributed by atoms with E-state index in [0.29, 0.717) is 10.4 Å². The van der Waals surface area contributed by atoms with Crippen molar-refractivity contribution in [3.63, 3.8) is 0 Å². The molecular weight excluding hydrogens is 396 g/mol. The van der Waals surface area contributed by atoms with Crippen molar-refractivity contribution in [2.24, 2.45) is 0 Å². The lowest BCUT2D eigenvalue weighted by molar-refractivity contribution is 0.0597. The Hall–Kier alpha value is -2.54. The summed E-state index contributed by atoms with van der Waals surface area (Å²) >= 11 is 4.87. The van der Waals surface area contributed by atoms with Crippen LogP contribution in [-0.4, -0.2) is 18.9 Å². The molecule has 1 aromatic carbocycles. The van der Waals surface area contributed by atoms with Gasteiger partial charge in [0, 0.05) is 25.1 Å². The van der Waals surface area contributed by atoms with E-state index in [1.165, 1.54) is 28.2 Å². The highest BCUT2D eigenvalue weighted by Gasteiger charge is 2.20. The van der Waals surface area contributed by atoms with Crippen molar-refractivity contribution in [2.45, 2.75) is 0 Å². The predicted molar refractivity (Wildman–Crippen MR) is 112 cm³/mol. The number of thiophene rings is 3. The third-order valence-corrected chi connectivity index (χ3v) is 7.45. The van der Waals surface area contributed by atoms with E-state index >= 15 is 0 Å². The number of hydrogen-bond donors (Lipinski definition) is 0. The maximum Gasteiger partial charge on any atom is 0.338 e. The maximum absolute atomic E-state index is 12.9. The summed E-state index contributed by atoms with van der Waals surface area (Å²) in [5.74, 6) is -0.670. The SMILES string of the molecule is COC(=O)c1ccccc1C(=O)c1ccc(-c2ccc(-c3cccs3)s2)s1. The molecule has 0 aliphatic carbocycles. The first kappa shape index (κ1) is 17.9. The Morgan fingerprint density at radius 2 is 1.41 bits per heavy atom. The van der Waals surface area contributed by atoms with Gasteiger partial charge < -0.3 is 4.74 Å². The first-order valence-corrected chi connectivity index (χ1v) is 10.6. The van der Waals surface area contributed by atoms with Crippen LogP contribution >= 0.6 is 34.0 Å². The fraction of sp³-hybridized carbons (Fsp3) is 0.0476. The molecule has 0 atom stereocenters. The molecule has 3 nitrogen and oxygen atoms in total. The Morgan fingerprint density at radius 1 is 0.741 bits per heavy atom. The molecule has 4 aromatic rings. The summed E-state index contributed by atoms with van der Waals surface area (Å²) in [5.41, 5.74) is 0.652. The molecule has 0 radical (unpaired) electrons. The largest absolute Gasteiger partial charge is 0.465 e. The minimum Gasteiger partial charge on any atom is -0.465 e. The predicted octanol–water partition coefficient (Wildman–Crippen LogP) is 6.22. The molecule has 0 amide bonds. The van der Waals surface area contributed by atoms with E-state index in [1.54, 1.807) is 46.9 Å². The molecular formula is C21H14O3S3. The molecule has 0 aliphatic heterocycles. The first-order chi connectivity index (χ1) is 13.2. The topological polar surface area (TPSA) is 43.4 Å². The van der Waals surface area contributed by atoms with Crippen LogP contribution in [0.3, 0.4) is 0 Å². The molecule has 4 rings (SSSR count). The van der Waals surface area contributed by atoms with Crippen LogP contribution in [0.25, 0.3) is 19.5 Å². The summed E-state index contributed by atoms with van der Waals surface area (Å²) in [6.45, 7) is 0. The monoisotopic (exact) mass is 410 g/mol. The molecule has 0 unspecified atom stereocenters. The smallest absolute Gasteiger partial charge is 0.338 e. The second-order valence-electron chi connectivity index (χ2n) is 5.67. The van der Waals surface area contributed by atoms with E-state index < -0.39 is 5.97 Å². The van der Waals surface area contributed by atoms with E-state index in [1.807, 2.05) is 18.2 Å². The van der Waals surface area contributed by atoms with Crippen molar-refractivity contribution in [3.05, 3.63) is 82.0 Å². The van der Waals surface area contributed by atoms with Crippen LogP contribution < -0.4 is 0 Å². The number of carbonyl (C=O) groups excluding carboxylic acids is 2. The zero-order valence-corrected chi connectivity index (χ0v) is 16.7.